The molecule has 2 saturated heterocycles. The zero-order valence-corrected chi connectivity index (χ0v) is 17.1. The van der Waals surface area contributed by atoms with Gasteiger partial charge in [0.05, 0.1) is 23.2 Å². The van der Waals surface area contributed by atoms with Crippen molar-refractivity contribution < 1.29 is 9.59 Å². The van der Waals surface area contributed by atoms with E-state index in [2.05, 4.69) is 15.3 Å². The Morgan fingerprint density at radius 3 is 2.52 bits per heavy atom. The number of anilines is 1. The molecule has 8 heteroatoms. The highest BCUT2D eigenvalue weighted by atomic mass is 16.2. The van der Waals surface area contributed by atoms with Crippen molar-refractivity contribution in [2.75, 3.05) is 18.0 Å². The van der Waals surface area contributed by atoms with E-state index in [1.165, 1.54) is 0 Å². The van der Waals surface area contributed by atoms with Gasteiger partial charge in [0, 0.05) is 13.1 Å². The van der Waals surface area contributed by atoms with Gasteiger partial charge in [-0.15, -0.1) is 5.01 Å². The van der Waals surface area contributed by atoms with Gasteiger partial charge in [-0.3, -0.25) is 4.79 Å². The topological polar surface area (TPSA) is 82.8 Å². The average Bonchev–Trinajstić information content (AvgIpc) is 3.41. The maximum absolute atomic E-state index is 12.6. The van der Waals surface area contributed by atoms with Crippen LogP contribution in [0.3, 0.4) is 0 Å². The largest absolute Gasteiger partial charge is 0.356 e. The maximum Gasteiger partial charge on any atom is 0.346 e. The lowest BCUT2D eigenvalue weighted by Crippen LogP contribution is -2.42. The monoisotopic (exact) mass is 394 g/mol. The first-order valence-electron chi connectivity index (χ1n) is 10.1. The van der Waals surface area contributed by atoms with Crippen molar-refractivity contribution in [3.05, 3.63) is 41.6 Å². The van der Waals surface area contributed by atoms with Gasteiger partial charge in [-0.2, -0.15) is 10.2 Å². The Hall–Kier alpha value is -3.16. The second kappa shape index (κ2) is 7.35. The molecule has 1 aromatic heterocycles. The Bertz CT molecular complexity index is 961. The lowest BCUT2D eigenvalue weighted by molar-refractivity contribution is -0.130. The quantitative estimate of drug-likeness (QED) is 0.624. The lowest BCUT2D eigenvalue weighted by Gasteiger charge is -2.20. The molecule has 2 fully saturated rings. The average molecular weight is 394 g/mol. The smallest absolute Gasteiger partial charge is 0.346 e. The minimum atomic E-state index is -0.907. The van der Waals surface area contributed by atoms with Crippen LogP contribution in [0, 0.1) is 6.92 Å². The SMILES string of the molecule is CC[C@]1(C)NC(=O)N(/N=C\c2c(C)nn(-c3ccccc3)c2N2CCCC2)C1=O. The zero-order chi connectivity index (χ0) is 20.6. The summed E-state index contributed by atoms with van der Waals surface area (Å²) >= 11 is 0. The summed E-state index contributed by atoms with van der Waals surface area (Å²) in [6, 6.07) is 9.46. The van der Waals surface area contributed by atoms with Gasteiger partial charge < -0.3 is 10.2 Å². The predicted octanol–water partition coefficient (Wildman–Crippen LogP) is 2.84. The van der Waals surface area contributed by atoms with Gasteiger partial charge in [-0.25, -0.2) is 9.48 Å². The van der Waals surface area contributed by atoms with Gasteiger partial charge in [0.1, 0.15) is 11.4 Å². The Kier molecular flexibility index (Phi) is 4.86. The van der Waals surface area contributed by atoms with E-state index >= 15 is 0 Å². The number of carbonyl (C=O) groups excluding carboxylic acids is 2. The third kappa shape index (κ3) is 3.28. The van der Waals surface area contributed by atoms with Crippen molar-refractivity contribution >= 4 is 24.0 Å². The first-order valence-corrected chi connectivity index (χ1v) is 10.1. The Morgan fingerprint density at radius 1 is 1.21 bits per heavy atom. The molecule has 2 aliphatic rings. The van der Waals surface area contributed by atoms with Crippen molar-refractivity contribution in [2.24, 2.45) is 5.10 Å². The number of imide groups is 1. The molecule has 3 amide bonds. The predicted molar refractivity (Wildman–Crippen MR) is 111 cm³/mol. The van der Waals surface area contributed by atoms with E-state index in [4.69, 9.17) is 5.10 Å². The Balaban J connectivity index is 1.74. The molecule has 0 radical (unpaired) electrons. The van der Waals surface area contributed by atoms with Gasteiger partial charge in [0.2, 0.25) is 0 Å². The number of para-hydroxylation sites is 1. The highest BCUT2D eigenvalue weighted by molar-refractivity contribution is 6.07. The van der Waals surface area contributed by atoms with Crippen LogP contribution in [-0.2, 0) is 4.79 Å². The molecule has 2 aliphatic heterocycles. The van der Waals surface area contributed by atoms with Crippen molar-refractivity contribution in [2.45, 2.75) is 45.6 Å². The fraction of sp³-hybridized carbons (Fsp3) is 0.429. The Morgan fingerprint density at radius 2 is 1.90 bits per heavy atom. The molecule has 2 aromatic rings. The third-order valence-corrected chi connectivity index (χ3v) is 5.74. The molecule has 1 aromatic carbocycles. The fourth-order valence-electron chi connectivity index (χ4n) is 3.79. The number of urea groups is 1. The van der Waals surface area contributed by atoms with Gasteiger partial charge in [0.15, 0.2) is 0 Å². The number of hydrogen-bond donors (Lipinski definition) is 1. The molecule has 0 saturated carbocycles. The number of aromatic nitrogens is 2. The number of hydrazone groups is 1. The first-order chi connectivity index (χ1) is 13.9. The number of aryl methyl sites for hydroxylation is 1. The van der Waals surface area contributed by atoms with Crippen LogP contribution in [0.4, 0.5) is 10.6 Å². The maximum atomic E-state index is 12.6. The highest BCUT2D eigenvalue weighted by Gasteiger charge is 2.47. The van der Waals surface area contributed by atoms with Crippen LogP contribution in [0.2, 0.25) is 0 Å². The molecule has 0 aliphatic carbocycles. The van der Waals surface area contributed by atoms with Crippen LogP contribution in [0.5, 0.6) is 0 Å². The minimum Gasteiger partial charge on any atom is -0.356 e. The summed E-state index contributed by atoms with van der Waals surface area (Å²) in [6.07, 6.45) is 4.34. The zero-order valence-electron chi connectivity index (χ0n) is 17.1. The number of carbonyl (C=O) groups is 2. The molecule has 8 nitrogen and oxygen atoms in total. The van der Waals surface area contributed by atoms with Crippen molar-refractivity contribution in [3.63, 3.8) is 0 Å². The molecule has 152 valence electrons. The summed E-state index contributed by atoms with van der Waals surface area (Å²) in [5, 5.41) is 12.6. The van der Waals surface area contributed by atoms with E-state index in [0.717, 1.165) is 53.7 Å². The minimum absolute atomic E-state index is 0.336. The van der Waals surface area contributed by atoms with Crippen LogP contribution in [0.25, 0.3) is 5.69 Å². The number of rotatable bonds is 5. The molecule has 1 atom stereocenters. The van der Waals surface area contributed by atoms with Crippen molar-refractivity contribution in [3.8, 4) is 5.69 Å². The summed E-state index contributed by atoms with van der Waals surface area (Å²) in [5.41, 5.74) is 1.67. The van der Waals surface area contributed by atoms with Gasteiger partial charge in [-0.05, 0) is 45.2 Å². The number of amides is 3. The van der Waals surface area contributed by atoms with Crippen LogP contribution >= 0.6 is 0 Å². The van der Waals surface area contributed by atoms with E-state index in [0.29, 0.717) is 6.42 Å². The lowest BCUT2D eigenvalue weighted by atomic mass is 10.00. The van der Waals surface area contributed by atoms with Crippen LogP contribution in [-0.4, -0.2) is 51.6 Å². The van der Waals surface area contributed by atoms with Gasteiger partial charge in [0.25, 0.3) is 5.91 Å². The normalized spacial score (nSPS) is 22.2. The summed E-state index contributed by atoms with van der Waals surface area (Å²) < 4.78 is 1.92. The summed E-state index contributed by atoms with van der Waals surface area (Å²) in [7, 11) is 0. The second-order valence-corrected chi connectivity index (χ2v) is 7.74. The van der Waals surface area contributed by atoms with E-state index in [9.17, 15) is 9.59 Å². The summed E-state index contributed by atoms with van der Waals surface area (Å²) in [6.45, 7) is 7.39. The molecular formula is C21H26N6O2. The summed E-state index contributed by atoms with van der Waals surface area (Å²) in [5.74, 6) is 0.609. The van der Waals surface area contributed by atoms with Gasteiger partial charge in [-0.1, -0.05) is 25.1 Å². The van der Waals surface area contributed by atoms with E-state index < -0.39 is 11.6 Å². The van der Waals surface area contributed by atoms with E-state index in [-0.39, 0.29) is 5.91 Å². The van der Waals surface area contributed by atoms with Gasteiger partial charge >= 0.3 is 6.03 Å². The number of nitrogens with zero attached hydrogens (tertiary/aromatic N) is 5. The third-order valence-electron chi connectivity index (χ3n) is 5.74. The molecule has 0 spiro atoms. The van der Waals surface area contributed by atoms with E-state index in [1.54, 1.807) is 13.1 Å². The van der Waals surface area contributed by atoms with Crippen LogP contribution in [0.15, 0.2) is 35.4 Å². The molecule has 4 rings (SSSR count). The van der Waals surface area contributed by atoms with Crippen molar-refractivity contribution in [1.82, 2.24) is 20.1 Å². The van der Waals surface area contributed by atoms with Crippen LogP contribution < -0.4 is 10.2 Å². The molecule has 1 N–H and O–H groups in total. The number of hydrogen-bond acceptors (Lipinski definition) is 5. The van der Waals surface area contributed by atoms with Crippen molar-refractivity contribution in [1.29, 1.82) is 0 Å². The second-order valence-electron chi connectivity index (χ2n) is 7.74. The molecule has 0 bridgehead atoms. The Labute approximate surface area is 170 Å². The number of nitrogens with one attached hydrogen (secondary N) is 1. The summed E-state index contributed by atoms with van der Waals surface area (Å²) in [4.78, 5) is 27.2. The molecule has 29 heavy (non-hydrogen) atoms. The number of benzene rings is 1. The fourth-order valence-corrected chi connectivity index (χ4v) is 3.79. The highest BCUT2D eigenvalue weighted by Crippen LogP contribution is 2.29. The molecule has 0 unspecified atom stereocenters. The standard InChI is InChI=1S/C21H26N6O2/c1-4-21(3)19(28)27(20(29)23-21)22-14-17-15(2)24-26(16-10-6-5-7-11-16)18(17)25-12-8-9-13-25/h5-7,10-11,14H,4,8-9,12-13H2,1-3H3,(H,23,29)/b22-14-/t21-/m0/s1. The first kappa shape index (κ1) is 19.2. The molecular weight excluding hydrogens is 368 g/mol. The van der Waals surface area contributed by atoms with Crippen LogP contribution in [0.1, 0.15) is 44.4 Å². The molecule has 3 heterocycles. The van der Waals surface area contributed by atoms with E-state index in [1.807, 2.05) is 48.9 Å².